The molecule has 0 N–H and O–H groups in total. The van der Waals surface area contributed by atoms with Crippen molar-refractivity contribution in [3.05, 3.63) is 0 Å². The van der Waals surface area contributed by atoms with E-state index in [-0.39, 0.29) is 0 Å². The molecule has 0 amide bonds. The van der Waals surface area contributed by atoms with E-state index in [2.05, 4.69) is 23.9 Å². The van der Waals surface area contributed by atoms with E-state index in [9.17, 15) is 0 Å². The van der Waals surface area contributed by atoms with E-state index < -0.39 is 0 Å². The molecule has 0 aromatic rings. The van der Waals surface area contributed by atoms with E-state index in [4.69, 9.17) is 0 Å². The highest BCUT2D eigenvalue weighted by molar-refractivity contribution is 4.58. The first-order valence-corrected chi connectivity index (χ1v) is 6.66. The van der Waals surface area contributed by atoms with Gasteiger partial charge in [0.25, 0.3) is 0 Å². The van der Waals surface area contributed by atoms with Crippen LogP contribution in [-0.4, -0.2) is 50.1 Å². The van der Waals surface area contributed by atoms with Gasteiger partial charge in [-0.1, -0.05) is 19.3 Å². The summed E-state index contributed by atoms with van der Waals surface area (Å²) in [6.07, 6.45) is 10.00. The van der Waals surface area contributed by atoms with Gasteiger partial charge in [-0.2, -0.15) is 0 Å². The molecule has 2 rings (SSSR count). The third-order valence-corrected chi connectivity index (χ3v) is 3.41. The zero-order valence-corrected chi connectivity index (χ0v) is 10.7. The van der Waals surface area contributed by atoms with Gasteiger partial charge in [-0.15, -0.1) is 0 Å². The van der Waals surface area contributed by atoms with Crippen LogP contribution in [0.1, 0.15) is 44.9 Å². The van der Waals surface area contributed by atoms with E-state index in [1.54, 1.807) is 0 Å². The maximum atomic E-state index is 2.42. The monoisotopic (exact) mass is 212 g/mol. The van der Waals surface area contributed by atoms with Gasteiger partial charge in [-0.05, 0) is 66.0 Å². The standard InChI is InChI=1S/C7H15N.C6H13N/c1-8-6-4-2-3-5-7-8;1-7-5-3-2-4-6-7/h2-7H2,1H3;2-6H2,1H3. The van der Waals surface area contributed by atoms with Crippen molar-refractivity contribution >= 4 is 0 Å². The van der Waals surface area contributed by atoms with Crippen molar-refractivity contribution < 1.29 is 0 Å². The van der Waals surface area contributed by atoms with Crippen molar-refractivity contribution in [1.29, 1.82) is 0 Å². The molecule has 0 spiro atoms. The highest BCUT2D eigenvalue weighted by atomic mass is 15.1. The highest BCUT2D eigenvalue weighted by Gasteiger charge is 2.02. The third-order valence-electron chi connectivity index (χ3n) is 3.41. The molecular weight excluding hydrogens is 184 g/mol. The van der Waals surface area contributed by atoms with Crippen molar-refractivity contribution in [2.75, 3.05) is 40.3 Å². The number of rotatable bonds is 0. The van der Waals surface area contributed by atoms with E-state index in [1.165, 1.54) is 71.1 Å². The van der Waals surface area contributed by atoms with Crippen LogP contribution in [0.2, 0.25) is 0 Å². The smallest absolute Gasteiger partial charge is 0.00218 e. The first-order chi connectivity index (χ1) is 7.29. The Morgan fingerprint density at radius 1 is 0.467 bits per heavy atom. The second kappa shape index (κ2) is 8.12. The Morgan fingerprint density at radius 2 is 0.733 bits per heavy atom. The molecule has 0 bridgehead atoms. The molecule has 2 fully saturated rings. The maximum Gasteiger partial charge on any atom is -0.00218 e. The summed E-state index contributed by atoms with van der Waals surface area (Å²) in [4.78, 5) is 4.82. The summed E-state index contributed by atoms with van der Waals surface area (Å²) in [6, 6.07) is 0. The summed E-state index contributed by atoms with van der Waals surface area (Å²) in [5, 5.41) is 0. The van der Waals surface area contributed by atoms with Crippen molar-refractivity contribution in [2.24, 2.45) is 0 Å². The Balaban J connectivity index is 0.000000151. The first-order valence-electron chi connectivity index (χ1n) is 6.66. The van der Waals surface area contributed by atoms with Gasteiger partial charge >= 0.3 is 0 Å². The van der Waals surface area contributed by atoms with Crippen molar-refractivity contribution in [2.45, 2.75) is 44.9 Å². The lowest BCUT2D eigenvalue weighted by Crippen LogP contribution is -2.24. The van der Waals surface area contributed by atoms with Gasteiger partial charge in [-0.3, -0.25) is 0 Å². The number of likely N-dealkylation sites (tertiary alicyclic amines) is 2. The maximum absolute atomic E-state index is 2.42. The predicted octanol–water partition coefficient (Wildman–Crippen LogP) is 2.59. The van der Waals surface area contributed by atoms with Gasteiger partial charge in [0.15, 0.2) is 0 Å². The summed E-state index contributed by atoms with van der Waals surface area (Å²) in [5.41, 5.74) is 0. The topological polar surface area (TPSA) is 6.48 Å². The van der Waals surface area contributed by atoms with Gasteiger partial charge in [0.1, 0.15) is 0 Å². The van der Waals surface area contributed by atoms with Crippen LogP contribution in [0, 0.1) is 0 Å². The lowest BCUT2D eigenvalue weighted by Gasteiger charge is -2.20. The number of hydrogen-bond acceptors (Lipinski definition) is 2. The molecule has 2 heteroatoms. The molecule has 0 aliphatic carbocycles. The molecule has 2 nitrogen and oxygen atoms in total. The molecule has 2 aliphatic heterocycles. The van der Waals surface area contributed by atoms with E-state index in [0.29, 0.717) is 0 Å². The van der Waals surface area contributed by atoms with Gasteiger partial charge in [0, 0.05) is 0 Å². The summed E-state index contributed by atoms with van der Waals surface area (Å²) < 4.78 is 0. The molecule has 0 aromatic heterocycles. The summed E-state index contributed by atoms with van der Waals surface area (Å²) in [6.45, 7) is 5.28. The number of hydrogen-bond donors (Lipinski definition) is 0. The van der Waals surface area contributed by atoms with E-state index >= 15 is 0 Å². The van der Waals surface area contributed by atoms with Gasteiger partial charge in [0.05, 0.1) is 0 Å². The van der Waals surface area contributed by atoms with Gasteiger partial charge in [0.2, 0.25) is 0 Å². The predicted molar refractivity (Wildman–Crippen MR) is 67.3 cm³/mol. The molecule has 0 radical (unpaired) electrons. The van der Waals surface area contributed by atoms with Crippen LogP contribution in [0.4, 0.5) is 0 Å². The van der Waals surface area contributed by atoms with Crippen molar-refractivity contribution in [3.63, 3.8) is 0 Å². The third kappa shape index (κ3) is 6.91. The zero-order valence-electron chi connectivity index (χ0n) is 10.7. The van der Waals surface area contributed by atoms with Crippen molar-refractivity contribution in [3.8, 4) is 0 Å². The van der Waals surface area contributed by atoms with Crippen LogP contribution >= 0.6 is 0 Å². The molecule has 0 atom stereocenters. The minimum atomic E-state index is 1.32. The Bertz CT molecular complexity index is 133. The molecule has 2 heterocycles. The number of piperidine rings is 1. The summed E-state index contributed by atoms with van der Waals surface area (Å²) >= 11 is 0. The molecule has 90 valence electrons. The van der Waals surface area contributed by atoms with Crippen LogP contribution in [0.15, 0.2) is 0 Å². The lowest BCUT2D eigenvalue weighted by atomic mass is 10.1. The summed E-state index contributed by atoms with van der Waals surface area (Å²) in [7, 11) is 4.41. The van der Waals surface area contributed by atoms with Gasteiger partial charge < -0.3 is 9.80 Å². The van der Waals surface area contributed by atoms with Crippen LogP contribution < -0.4 is 0 Å². The van der Waals surface area contributed by atoms with Crippen molar-refractivity contribution in [1.82, 2.24) is 9.80 Å². The molecule has 2 saturated heterocycles. The Kier molecular flexibility index (Phi) is 7.03. The summed E-state index contributed by atoms with van der Waals surface area (Å²) in [5.74, 6) is 0. The fourth-order valence-corrected chi connectivity index (χ4v) is 2.28. The Morgan fingerprint density at radius 3 is 1.07 bits per heavy atom. The average Bonchev–Trinajstić information content (AvgIpc) is 2.48. The molecule has 0 aromatic carbocycles. The zero-order chi connectivity index (χ0) is 10.9. The van der Waals surface area contributed by atoms with Crippen LogP contribution in [0.5, 0.6) is 0 Å². The molecule has 0 saturated carbocycles. The SMILES string of the molecule is CN1CCCCC1.CN1CCCCCC1. The molecule has 2 aliphatic rings. The minimum Gasteiger partial charge on any atom is -0.306 e. The average molecular weight is 212 g/mol. The van der Waals surface area contributed by atoms with Gasteiger partial charge in [-0.25, -0.2) is 0 Å². The van der Waals surface area contributed by atoms with Crippen LogP contribution in [0.25, 0.3) is 0 Å². The number of nitrogens with zero attached hydrogens (tertiary/aromatic N) is 2. The highest BCUT2D eigenvalue weighted by Crippen LogP contribution is 2.06. The fourth-order valence-electron chi connectivity index (χ4n) is 2.28. The molecule has 15 heavy (non-hydrogen) atoms. The second-order valence-electron chi connectivity index (χ2n) is 5.08. The lowest BCUT2D eigenvalue weighted by molar-refractivity contribution is 0.277. The largest absolute Gasteiger partial charge is 0.306 e. The Labute approximate surface area is 95.6 Å². The quantitative estimate of drug-likeness (QED) is 0.609. The molecular formula is C13H28N2. The minimum absolute atomic E-state index is 1.32. The van der Waals surface area contributed by atoms with Crippen LogP contribution in [0.3, 0.4) is 0 Å². The normalized spacial score (nSPS) is 25.2. The van der Waals surface area contributed by atoms with E-state index in [1.807, 2.05) is 0 Å². The second-order valence-corrected chi connectivity index (χ2v) is 5.08. The Hall–Kier alpha value is -0.0800. The molecule has 0 unspecified atom stereocenters. The van der Waals surface area contributed by atoms with E-state index in [0.717, 1.165) is 0 Å². The first kappa shape index (κ1) is 13.0. The van der Waals surface area contributed by atoms with Crippen LogP contribution in [-0.2, 0) is 0 Å². The fraction of sp³-hybridized carbons (Fsp3) is 1.00.